The van der Waals surface area contributed by atoms with E-state index in [0.29, 0.717) is 11.8 Å². The topological polar surface area (TPSA) is 37.3 Å². The molecule has 0 spiro atoms. The minimum absolute atomic E-state index is 0.0845. The second-order valence-corrected chi connectivity index (χ2v) is 3.57. The van der Waals surface area contributed by atoms with Crippen molar-refractivity contribution < 1.29 is 9.90 Å². The maximum atomic E-state index is 10.7. The highest BCUT2D eigenvalue weighted by Crippen LogP contribution is 2.40. The van der Waals surface area contributed by atoms with Gasteiger partial charge in [0.25, 0.3) is 0 Å². The summed E-state index contributed by atoms with van der Waals surface area (Å²) < 4.78 is 0. The first-order chi connectivity index (χ1) is 5.27. The van der Waals surface area contributed by atoms with Crippen molar-refractivity contribution in [3.05, 3.63) is 12.2 Å². The summed E-state index contributed by atoms with van der Waals surface area (Å²) in [4.78, 5) is 10.7. The van der Waals surface area contributed by atoms with Crippen LogP contribution in [0.4, 0.5) is 0 Å². The molecule has 3 atom stereocenters. The monoisotopic (exact) mass is 152 g/mol. The number of carbonyl (C=O) groups is 1. The molecule has 0 aromatic heterocycles. The third-order valence-corrected chi connectivity index (χ3v) is 2.89. The normalized spacial score (nSPS) is 40.9. The predicted octanol–water partition coefficient (Wildman–Crippen LogP) is 1.67. The number of aliphatic carboxylic acids is 1. The quantitative estimate of drug-likeness (QED) is 0.580. The number of carboxylic acids is 1. The Labute approximate surface area is 65.9 Å². The van der Waals surface area contributed by atoms with Crippen molar-refractivity contribution >= 4 is 5.97 Å². The van der Waals surface area contributed by atoms with Crippen LogP contribution in [0.15, 0.2) is 12.2 Å². The summed E-state index contributed by atoms with van der Waals surface area (Å²) in [5.74, 6) is 0.196. The molecule has 3 aliphatic rings. The van der Waals surface area contributed by atoms with Crippen LogP contribution < -0.4 is 0 Å². The van der Waals surface area contributed by atoms with Crippen molar-refractivity contribution in [3.8, 4) is 0 Å². The maximum Gasteiger partial charge on any atom is 0.307 e. The lowest BCUT2D eigenvalue weighted by atomic mass is 9.69. The third kappa shape index (κ3) is 1.06. The van der Waals surface area contributed by atoms with Crippen LogP contribution in [0, 0.1) is 17.8 Å². The molecule has 0 amide bonds. The fourth-order valence-electron chi connectivity index (χ4n) is 2.22. The third-order valence-electron chi connectivity index (χ3n) is 2.89. The van der Waals surface area contributed by atoms with E-state index in [0.717, 1.165) is 12.8 Å². The van der Waals surface area contributed by atoms with E-state index in [-0.39, 0.29) is 5.92 Å². The van der Waals surface area contributed by atoms with E-state index in [1.54, 1.807) is 0 Å². The Bertz CT molecular complexity index is 208. The van der Waals surface area contributed by atoms with Gasteiger partial charge in [0.15, 0.2) is 0 Å². The minimum Gasteiger partial charge on any atom is -0.481 e. The van der Waals surface area contributed by atoms with Crippen LogP contribution in [-0.4, -0.2) is 11.1 Å². The van der Waals surface area contributed by atoms with Gasteiger partial charge in [-0.2, -0.15) is 0 Å². The summed E-state index contributed by atoms with van der Waals surface area (Å²) in [5.41, 5.74) is 0. The molecule has 0 heterocycles. The number of hydrogen-bond donors (Lipinski definition) is 1. The summed E-state index contributed by atoms with van der Waals surface area (Å²) in [7, 11) is 0. The van der Waals surface area contributed by atoms with E-state index in [9.17, 15) is 4.79 Å². The first-order valence-electron chi connectivity index (χ1n) is 4.18. The lowest BCUT2D eigenvalue weighted by Crippen LogP contribution is -2.32. The molecule has 2 nitrogen and oxygen atoms in total. The van der Waals surface area contributed by atoms with Crippen molar-refractivity contribution in [1.82, 2.24) is 0 Å². The average molecular weight is 152 g/mol. The van der Waals surface area contributed by atoms with Crippen molar-refractivity contribution in [2.24, 2.45) is 17.8 Å². The van der Waals surface area contributed by atoms with E-state index >= 15 is 0 Å². The standard InChI is InChI=1S/C9H12O2/c10-9(11)8-5-6-1-3-7(8)4-2-6/h1,3,6-8H,2,4-5H2,(H,10,11)/t6-,7+,8+/m1/s1. The molecule has 1 fully saturated rings. The molecule has 0 radical (unpaired) electrons. The molecule has 1 saturated carbocycles. The summed E-state index contributed by atoms with van der Waals surface area (Å²) >= 11 is 0. The summed E-state index contributed by atoms with van der Waals surface area (Å²) in [6.45, 7) is 0. The Balaban J connectivity index is 2.17. The van der Waals surface area contributed by atoms with Crippen molar-refractivity contribution in [3.63, 3.8) is 0 Å². The highest BCUT2D eigenvalue weighted by molar-refractivity contribution is 5.71. The van der Waals surface area contributed by atoms with Gasteiger partial charge in [0.05, 0.1) is 5.92 Å². The van der Waals surface area contributed by atoms with Crippen LogP contribution in [0.1, 0.15) is 19.3 Å². The van der Waals surface area contributed by atoms with Crippen LogP contribution in [-0.2, 0) is 4.79 Å². The fourth-order valence-corrected chi connectivity index (χ4v) is 2.22. The average Bonchev–Trinajstić information content (AvgIpc) is 2.06. The highest BCUT2D eigenvalue weighted by Gasteiger charge is 2.35. The van der Waals surface area contributed by atoms with Gasteiger partial charge < -0.3 is 5.11 Å². The van der Waals surface area contributed by atoms with Crippen LogP contribution in [0.25, 0.3) is 0 Å². The van der Waals surface area contributed by atoms with Crippen LogP contribution >= 0.6 is 0 Å². The Morgan fingerprint density at radius 1 is 1.36 bits per heavy atom. The number of hydrogen-bond acceptors (Lipinski definition) is 1. The fraction of sp³-hybridized carbons (Fsp3) is 0.667. The van der Waals surface area contributed by atoms with E-state index in [1.807, 2.05) is 0 Å². The van der Waals surface area contributed by atoms with Crippen LogP contribution in [0.2, 0.25) is 0 Å². The van der Waals surface area contributed by atoms with Crippen LogP contribution in [0.3, 0.4) is 0 Å². The van der Waals surface area contributed by atoms with E-state index < -0.39 is 5.97 Å². The molecule has 0 aromatic rings. The highest BCUT2D eigenvalue weighted by atomic mass is 16.4. The zero-order valence-electron chi connectivity index (χ0n) is 6.36. The van der Waals surface area contributed by atoms with Gasteiger partial charge in [-0.1, -0.05) is 12.2 Å². The van der Waals surface area contributed by atoms with E-state index in [1.165, 1.54) is 6.42 Å². The number of fused-ring (bicyclic) bond motifs is 2. The Hall–Kier alpha value is -0.790. The number of rotatable bonds is 1. The second kappa shape index (κ2) is 2.36. The van der Waals surface area contributed by atoms with Crippen molar-refractivity contribution in [2.45, 2.75) is 19.3 Å². The molecule has 11 heavy (non-hydrogen) atoms. The van der Waals surface area contributed by atoms with Gasteiger partial charge in [0.1, 0.15) is 0 Å². The van der Waals surface area contributed by atoms with Gasteiger partial charge in [-0.05, 0) is 31.1 Å². The number of allylic oxidation sites excluding steroid dienone is 2. The first kappa shape index (κ1) is 6.89. The van der Waals surface area contributed by atoms with E-state index in [4.69, 9.17) is 5.11 Å². The SMILES string of the molecule is O=C(O)[C@H]1C[C@@H]2C=C[C@H]1CC2. The van der Waals surface area contributed by atoms with Crippen LogP contribution in [0.5, 0.6) is 0 Å². The van der Waals surface area contributed by atoms with E-state index in [2.05, 4.69) is 12.2 Å². The van der Waals surface area contributed by atoms with Gasteiger partial charge in [-0.15, -0.1) is 0 Å². The molecular formula is C9H12O2. The maximum absolute atomic E-state index is 10.7. The largest absolute Gasteiger partial charge is 0.481 e. The summed E-state index contributed by atoms with van der Waals surface area (Å²) in [6.07, 6.45) is 7.43. The molecule has 0 unspecified atom stereocenters. The Morgan fingerprint density at radius 3 is 2.45 bits per heavy atom. The van der Waals surface area contributed by atoms with Gasteiger partial charge in [-0.25, -0.2) is 0 Å². The molecule has 0 saturated heterocycles. The molecular weight excluding hydrogens is 140 g/mol. The summed E-state index contributed by atoms with van der Waals surface area (Å²) in [6, 6.07) is 0. The van der Waals surface area contributed by atoms with Gasteiger partial charge >= 0.3 is 5.97 Å². The Kier molecular flexibility index (Phi) is 1.48. The number of carboxylic acid groups (broad SMARTS) is 1. The molecule has 3 rings (SSSR count). The predicted molar refractivity (Wildman–Crippen MR) is 41.1 cm³/mol. The summed E-state index contributed by atoms with van der Waals surface area (Å²) in [5, 5.41) is 8.83. The molecule has 2 bridgehead atoms. The van der Waals surface area contributed by atoms with Crippen molar-refractivity contribution in [1.29, 1.82) is 0 Å². The van der Waals surface area contributed by atoms with Crippen molar-refractivity contribution in [2.75, 3.05) is 0 Å². The molecule has 60 valence electrons. The second-order valence-electron chi connectivity index (χ2n) is 3.57. The molecule has 0 aliphatic heterocycles. The molecule has 1 N–H and O–H groups in total. The first-order valence-corrected chi connectivity index (χ1v) is 4.18. The van der Waals surface area contributed by atoms with Gasteiger partial charge in [-0.3, -0.25) is 4.79 Å². The Morgan fingerprint density at radius 2 is 2.18 bits per heavy atom. The molecule has 3 aliphatic carbocycles. The molecule has 0 aromatic carbocycles. The van der Waals surface area contributed by atoms with Gasteiger partial charge in [0.2, 0.25) is 0 Å². The molecule has 2 heteroatoms. The smallest absolute Gasteiger partial charge is 0.307 e. The zero-order chi connectivity index (χ0) is 7.84. The lowest BCUT2D eigenvalue weighted by molar-refractivity contribution is -0.144. The van der Waals surface area contributed by atoms with Gasteiger partial charge in [0, 0.05) is 0 Å². The lowest BCUT2D eigenvalue weighted by Gasteiger charge is -2.35. The zero-order valence-corrected chi connectivity index (χ0v) is 6.36. The minimum atomic E-state index is -0.607.